The van der Waals surface area contributed by atoms with Crippen molar-refractivity contribution in [1.82, 2.24) is 25.5 Å². The van der Waals surface area contributed by atoms with Gasteiger partial charge in [0.05, 0.1) is 11.5 Å². The molecule has 3 aromatic rings. The van der Waals surface area contributed by atoms with Crippen LogP contribution in [0.5, 0.6) is 0 Å². The number of amides is 1. The first-order valence-corrected chi connectivity index (χ1v) is 15.0. The minimum atomic E-state index is -4.39. The number of imidazole rings is 1. The summed E-state index contributed by atoms with van der Waals surface area (Å²) in [6, 6.07) is 12.3. The highest BCUT2D eigenvalue weighted by Gasteiger charge is 2.45. The summed E-state index contributed by atoms with van der Waals surface area (Å²) < 4.78 is 30.0. The van der Waals surface area contributed by atoms with Crippen molar-refractivity contribution >= 4 is 27.8 Å². The molecule has 1 aliphatic heterocycles. The normalized spacial score (nSPS) is 16.7. The third-order valence-electron chi connectivity index (χ3n) is 6.92. The lowest BCUT2D eigenvalue weighted by Crippen LogP contribution is -2.67. The zero-order valence-electron chi connectivity index (χ0n) is 23.1. The van der Waals surface area contributed by atoms with Gasteiger partial charge < -0.3 is 25.6 Å². The number of carbonyl (C=O) groups is 2. The Labute approximate surface area is 239 Å². The molecule has 2 heterocycles. The lowest BCUT2D eigenvalue weighted by molar-refractivity contribution is -0.149. The summed E-state index contributed by atoms with van der Waals surface area (Å²) in [5.74, 6) is -1.54. The van der Waals surface area contributed by atoms with E-state index in [1.165, 1.54) is 0 Å². The van der Waals surface area contributed by atoms with E-state index in [1.54, 1.807) is 38.4 Å². The summed E-state index contributed by atoms with van der Waals surface area (Å²) >= 11 is 0. The summed E-state index contributed by atoms with van der Waals surface area (Å²) in [5, 5.41) is 16.0. The number of benzene rings is 2. The van der Waals surface area contributed by atoms with Crippen LogP contribution in [0.3, 0.4) is 0 Å². The van der Waals surface area contributed by atoms with E-state index in [2.05, 4.69) is 30.8 Å². The second-order valence-electron chi connectivity index (χ2n) is 10.1. The van der Waals surface area contributed by atoms with E-state index in [1.807, 2.05) is 30.3 Å². The zero-order chi connectivity index (χ0) is 29.5. The van der Waals surface area contributed by atoms with Crippen molar-refractivity contribution in [2.24, 2.45) is 0 Å². The van der Waals surface area contributed by atoms with Crippen LogP contribution >= 0.6 is 0 Å². The van der Waals surface area contributed by atoms with E-state index < -0.39 is 33.6 Å². The van der Waals surface area contributed by atoms with Gasteiger partial charge in [-0.2, -0.15) is 10.2 Å². The smallest absolute Gasteiger partial charge is 0.345 e. The molecule has 13 heteroatoms. The number of sulfonamides is 1. The molecule has 0 saturated carbocycles. The highest BCUT2D eigenvalue weighted by Crippen LogP contribution is 2.29. The molecule has 2 unspecified atom stereocenters. The van der Waals surface area contributed by atoms with Crippen molar-refractivity contribution in [2.75, 3.05) is 18.5 Å². The number of aromatic amines is 1. The molecule has 2 aromatic carbocycles. The van der Waals surface area contributed by atoms with Gasteiger partial charge in [0.15, 0.2) is 5.95 Å². The van der Waals surface area contributed by atoms with Gasteiger partial charge in [0.1, 0.15) is 6.04 Å². The minimum absolute atomic E-state index is 0.0259. The largest absolute Gasteiger partial charge is 0.478 e. The molecule has 0 spiro atoms. The topological polar surface area (TPSA) is 175 Å². The van der Waals surface area contributed by atoms with Crippen molar-refractivity contribution < 1.29 is 28.0 Å². The molecule has 220 valence electrons. The Hall–Kier alpha value is -3.78. The first-order chi connectivity index (χ1) is 19.6. The maximum Gasteiger partial charge on any atom is 0.345 e. The number of nitrogens with zero attached hydrogens (tertiary/aromatic N) is 1. The van der Waals surface area contributed by atoms with Crippen molar-refractivity contribution in [3.8, 4) is 11.1 Å². The monoisotopic (exact) mass is 584 g/mol. The van der Waals surface area contributed by atoms with Crippen LogP contribution in [0.1, 0.15) is 43.2 Å². The van der Waals surface area contributed by atoms with E-state index in [0.717, 1.165) is 11.1 Å². The lowest BCUT2D eigenvalue weighted by Gasteiger charge is -2.32. The number of hydroxylamine groups is 1. The number of aliphatic carboxylic acids is 1. The SMILES string of the molecule is Cc1cc(-c2ccccc2)cc(C)c1S(=O)(=O)NC(CCCCCNc1ncc[nH]1)(NC(=O)C1CCON1)C(=O)O. The van der Waals surface area contributed by atoms with Crippen molar-refractivity contribution in [1.29, 1.82) is 0 Å². The van der Waals surface area contributed by atoms with Gasteiger partial charge in [-0.05, 0) is 61.8 Å². The number of rotatable bonds is 14. The van der Waals surface area contributed by atoms with Crippen LogP contribution in [0.2, 0.25) is 0 Å². The van der Waals surface area contributed by atoms with Crippen LogP contribution in [0.25, 0.3) is 11.1 Å². The quantitative estimate of drug-likeness (QED) is 0.123. The van der Waals surface area contributed by atoms with E-state index in [-0.39, 0.29) is 17.9 Å². The van der Waals surface area contributed by atoms with Crippen LogP contribution < -0.4 is 20.8 Å². The van der Waals surface area contributed by atoms with Gasteiger partial charge in [-0.1, -0.05) is 48.9 Å². The third kappa shape index (κ3) is 7.50. The van der Waals surface area contributed by atoms with Crippen LogP contribution in [-0.4, -0.2) is 60.2 Å². The second-order valence-corrected chi connectivity index (χ2v) is 11.7. The van der Waals surface area contributed by atoms with Crippen LogP contribution in [0.4, 0.5) is 5.95 Å². The Morgan fingerprint density at radius 2 is 1.83 bits per heavy atom. The Morgan fingerprint density at radius 3 is 2.44 bits per heavy atom. The molecule has 1 fully saturated rings. The van der Waals surface area contributed by atoms with Gasteiger partial charge in [0.25, 0.3) is 0 Å². The molecule has 1 aromatic heterocycles. The number of aromatic nitrogens is 2. The molecule has 0 aliphatic carbocycles. The molecular weight excluding hydrogens is 548 g/mol. The van der Waals surface area contributed by atoms with Gasteiger partial charge in [-0.15, -0.1) is 0 Å². The molecule has 1 saturated heterocycles. The Bertz CT molecular complexity index is 1420. The zero-order valence-corrected chi connectivity index (χ0v) is 23.9. The predicted molar refractivity (Wildman–Crippen MR) is 153 cm³/mol. The van der Waals surface area contributed by atoms with E-state index in [0.29, 0.717) is 49.3 Å². The third-order valence-corrected chi connectivity index (χ3v) is 8.71. The Balaban J connectivity index is 1.56. The first-order valence-electron chi connectivity index (χ1n) is 13.5. The number of hydrogen-bond donors (Lipinski definition) is 6. The predicted octanol–water partition coefficient (Wildman–Crippen LogP) is 2.83. The number of anilines is 1. The summed E-state index contributed by atoms with van der Waals surface area (Å²) in [6.45, 7) is 4.20. The first kappa shape index (κ1) is 30.2. The molecule has 1 aliphatic rings. The summed E-state index contributed by atoms with van der Waals surface area (Å²) in [4.78, 5) is 37.8. The fraction of sp³-hybridized carbons (Fsp3) is 0.393. The van der Waals surface area contributed by atoms with Gasteiger partial charge in [-0.3, -0.25) is 4.79 Å². The summed E-state index contributed by atoms with van der Waals surface area (Å²) in [5.41, 5.74) is 2.96. The minimum Gasteiger partial charge on any atom is -0.478 e. The van der Waals surface area contributed by atoms with Crippen LogP contribution in [-0.2, 0) is 24.4 Å². The number of carboxylic acid groups (broad SMARTS) is 1. The van der Waals surface area contributed by atoms with E-state index in [4.69, 9.17) is 4.84 Å². The fourth-order valence-electron chi connectivity index (χ4n) is 4.93. The van der Waals surface area contributed by atoms with Gasteiger partial charge in [0.2, 0.25) is 21.6 Å². The molecule has 0 radical (unpaired) electrons. The Morgan fingerprint density at radius 1 is 1.10 bits per heavy atom. The van der Waals surface area contributed by atoms with Gasteiger partial charge in [0, 0.05) is 18.9 Å². The van der Waals surface area contributed by atoms with Crippen molar-refractivity contribution in [3.05, 3.63) is 66.0 Å². The molecule has 1 amide bonds. The summed E-state index contributed by atoms with van der Waals surface area (Å²) in [7, 11) is -4.39. The maximum absolute atomic E-state index is 13.8. The summed E-state index contributed by atoms with van der Waals surface area (Å²) in [6.07, 6.45) is 5.06. The molecule has 12 nitrogen and oxygen atoms in total. The highest BCUT2D eigenvalue weighted by molar-refractivity contribution is 7.89. The second kappa shape index (κ2) is 13.3. The molecule has 41 heavy (non-hydrogen) atoms. The molecule has 2 atom stereocenters. The van der Waals surface area contributed by atoms with Crippen molar-refractivity contribution in [3.63, 3.8) is 0 Å². The van der Waals surface area contributed by atoms with Gasteiger partial charge >= 0.3 is 5.97 Å². The molecular formula is C28H36N6O6S. The maximum atomic E-state index is 13.8. The van der Waals surface area contributed by atoms with Crippen molar-refractivity contribution in [2.45, 2.75) is 62.6 Å². The van der Waals surface area contributed by atoms with E-state index >= 15 is 0 Å². The van der Waals surface area contributed by atoms with Gasteiger partial charge in [-0.25, -0.2) is 18.2 Å². The number of unbranched alkanes of at least 4 members (excludes halogenated alkanes) is 2. The Kier molecular flexibility index (Phi) is 9.76. The standard InChI is InChI=1S/C28H36N6O6S/c1-19-17-22(21-9-5-3-6-10-21)18-20(2)24(19)41(38,39)34-28(26(36)37,32-25(35)23-11-16-40-33-23)12-7-4-8-13-29-27-30-14-15-31-27/h3,5-6,9-10,14-15,17-18,23,33-34H,4,7-8,11-13,16H2,1-2H3,(H,32,35)(H,36,37)(H2,29,30,31). The fourth-order valence-corrected chi connectivity index (χ4v) is 6.70. The van der Waals surface area contributed by atoms with Crippen LogP contribution in [0.15, 0.2) is 59.8 Å². The van der Waals surface area contributed by atoms with Crippen LogP contribution in [0, 0.1) is 13.8 Å². The number of H-pyrrole nitrogens is 1. The molecule has 4 rings (SSSR count). The number of hydrogen-bond acceptors (Lipinski definition) is 8. The number of carboxylic acids is 1. The number of carbonyl (C=O) groups excluding carboxylic acids is 1. The molecule has 0 bridgehead atoms. The average Bonchev–Trinajstić information content (AvgIpc) is 3.65. The lowest BCUT2D eigenvalue weighted by atomic mass is 10.0. The number of aryl methyl sites for hydroxylation is 2. The highest BCUT2D eigenvalue weighted by atomic mass is 32.2. The number of nitrogens with one attached hydrogen (secondary N) is 5. The average molecular weight is 585 g/mol. The van der Waals surface area contributed by atoms with E-state index in [9.17, 15) is 23.1 Å². The molecule has 6 N–H and O–H groups in total.